The van der Waals surface area contributed by atoms with Gasteiger partial charge in [-0.15, -0.1) is 0 Å². The lowest BCUT2D eigenvalue weighted by Gasteiger charge is -2.42. The van der Waals surface area contributed by atoms with Gasteiger partial charge in [0.05, 0.1) is 0 Å². The van der Waals surface area contributed by atoms with E-state index in [2.05, 4.69) is 5.32 Å². The van der Waals surface area contributed by atoms with Crippen LogP contribution in [0.2, 0.25) is 0 Å². The molecule has 5 atom stereocenters. The molecule has 1 amide bonds. The summed E-state index contributed by atoms with van der Waals surface area (Å²) in [4.78, 5) is 33.3. The summed E-state index contributed by atoms with van der Waals surface area (Å²) < 4.78 is 34.6. The normalized spacial score (nSPS) is 31.2. The number of hydrogen-bond donors (Lipinski definition) is 1. The van der Waals surface area contributed by atoms with E-state index in [0.29, 0.717) is 0 Å². The molecule has 0 aromatic rings. The molecule has 1 N–H and O–H groups in total. The first-order chi connectivity index (χ1) is 10.3. The van der Waals surface area contributed by atoms with Gasteiger partial charge in [0.1, 0.15) is 18.8 Å². The SMILES string of the molecule is CO[C@H]1O[C@H](COC(C)=O)[C@H](F)[C@H](OC(C)=O)[C@H]1NC(C)=O. The Morgan fingerprint density at radius 3 is 2.27 bits per heavy atom. The minimum atomic E-state index is -1.80. The van der Waals surface area contributed by atoms with Crippen LogP contribution in [-0.4, -0.2) is 62.3 Å². The van der Waals surface area contributed by atoms with E-state index in [0.717, 1.165) is 6.92 Å². The summed E-state index contributed by atoms with van der Waals surface area (Å²) in [6, 6.07) is -1.02. The van der Waals surface area contributed by atoms with Gasteiger partial charge in [-0.25, -0.2) is 4.39 Å². The van der Waals surface area contributed by atoms with E-state index in [1.807, 2.05) is 0 Å². The first-order valence-electron chi connectivity index (χ1n) is 6.66. The smallest absolute Gasteiger partial charge is 0.303 e. The summed E-state index contributed by atoms with van der Waals surface area (Å²) in [7, 11) is 1.30. The predicted octanol–water partition coefficient (Wildman–Crippen LogP) is -0.305. The number of rotatable bonds is 5. The third-order valence-electron chi connectivity index (χ3n) is 2.98. The third kappa shape index (κ3) is 4.92. The minimum absolute atomic E-state index is 0.360. The Balaban J connectivity index is 2.95. The highest BCUT2D eigenvalue weighted by atomic mass is 19.1. The molecule has 0 bridgehead atoms. The number of ether oxygens (including phenoxy) is 4. The van der Waals surface area contributed by atoms with Crippen LogP contribution in [0.15, 0.2) is 0 Å². The fourth-order valence-corrected chi connectivity index (χ4v) is 2.14. The second kappa shape index (κ2) is 8.04. The maximum Gasteiger partial charge on any atom is 0.303 e. The van der Waals surface area contributed by atoms with Crippen molar-refractivity contribution in [2.45, 2.75) is 51.5 Å². The molecule has 0 unspecified atom stereocenters. The van der Waals surface area contributed by atoms with Gasteiger partial charge in [-0.3, -0.25) is 14.4 Å². The summed E-state index contributed by atoms with van der Waals surface area (Å²) in [6.45, 7) is 3.17. The van der Waals surface area contributed by atoms with E-state index in [9.17, 15) is 18.8 Å². The molecule has 1 fully saturated rings. The minimum Gasteiger partial charge on any atom is -0.463 e. The lowest BCUT2D eigenvalue weighted by molar-refractivity contribution is -0.256. The topological polar surface area (TPSA) is 100 Å². The van der Waals surface area contributed by atoms with Crippen molar-refractivity contribution < 1.29 is 37.7 Å². The van der Waals surface area contributed by atoms with Gasteiger partial charge in [-0.05, 0) is 0 Å². The van der Waals surface area contributed by atoms with Gasteiger partial charge in [0.25, 0.3) is 0 Å². The monoisotopic (exact) mass is 321 g/mol. The van der Waals surface area contributed by atoms with Gasteiger partial charge in [0.15, 0.2) is 18.6 Å². The van der Waals surface area contributed by atoms with Gasteiger partial charge in [0, 0.05) is 27.9 Å². The van der Waals surface area contributed by atoms with Gasteiger partial charge in [0.2, 0.25) is 5.91 Å². The molecule has 126 valence electrons. The van der Waals surface area contributed by atoms with Crippen LogP contribution in [0.5, 0.6) is 0 Å². The van der Waals surface area contributed by atoms with E-state index in [1.165, 1.54) is 21.0 Å². The molecular weight excluding hydrogens is 301 g/mol. The summed E-state index contributed by atoms with van der Waals surface area (Å²) in [5, 5.41) is 2.44. The van der Waals surface area contributed by atoms with Crippen molar-refractivity contribution in [2.24, 2.45) is 0 Å². The Morgan fingerprint density at radius 2 is 1.82 bits per heavy atom. The van der Waals surface area contributed by atoms with Crippen LogP contribution in [0, 0.1) is 0 Å². The molecule has 1 aliphatic rings. The maximum atomic E-state index is 14.5. The zero-order chi connectivity index (χ0) is 16.9. The molecule has 0 aromatic heterocycles. The molecule has 0 spiro atoms. The molecular formula is C13H20FNO7. The standard InChI is InChI=1S/C13H20FNO7/c1-6(16)15-11-12(21-8(3)18)10(14)9(5-20-7(2)17)22-13(11)19-4/h9-13H,5H2,1-4H3,(H,15,16)/t9-,10+,11-,12+,13+/m1/s1. The number of nitrogens with one attached hydrogen (secondary N) is 1. The second-order valence-electron chi connectivity index (χ2n) is 4.83. The van der Waals surface area contributed by atoms with Crippen LogP contribution in [-0.2, 0) is 33.3 Å². The zero-order valence-electron chi connectivity index (χ0n) is 12.8. The van der Waals surface area contributed by atoms with E-state index in [1.54, 1.807) is 0 Å². The van der Waals surface area contributed by atoms with Crippen molar-refractivity contribution in [3.05, 3.63) is 0 Å². The first-order valence-corrected chi connectivity index (χ1v) is 6.66. The molecule has 1 aliphatic heterocycles. The number of halogens is 1. The molecule has 0 aromatic carbocycles. The Labute approximate surface area is 127 Å². The summed E-state index contributed by atoms with van der Waals surface area (Å²) in [5.74, 6) is -1.78. The lowest BCUT2D eigenvalue weighted by atomic mass is 9.97. The highest BCUT2D eigenvalue weighted by molar-refractivity contribution is 5.73. The number of carbonyl (C=O) groups excluding carboxylic acids is 3. The number of methoxy groups -OCH3 is 1. The molecule has 1 heterocycles. The summed E-state index contributed by atoms with van der Waals surface area (Å²) in [6.07, 6.45) is -5.35. The third-order valence-corrected chi connectivity index (χ3v) is 2.98. The average Bonchev–Trinajstić information content (AvgIpc) is 2.41. The predicted molar refractivity (Wildman–Crippen MR) is 70.4 cm³/mol. The van der Waals surface area contributed by atoms with E-state index in [-0.39, 0.29) is 6.61 Å². The van der Waals surface area contributed by atoms with Crippen molar-refractivity contribution >= 4 is 17.8 Å². The zero-order valence-corrected chi connectivity index (χ0v) is 12.8. The molecule has 22 heavy (non-hydrogen) atoms. The molecule has 1 saturated heterocycles. The maximum absolute atomic E-state index is 14.5. The van der Waals surface area contributed by atoms with Crippen LogP contribution in [0.4, 0.5) is 4.39 Å². The highest BCUT2D eigenvalue weighted by Crippen LogP contribution is 2.27. The first kappa shape index (κ1) is 18.3. The Bertz CT molecular complexity index is 431. The Kier molecular flexibility index (Phi) is 6.69. The molecule has 9 heteroatoms. The number of esters is 2. The number of carbonyl (C=O) groups is 3. The second-order valence-corrected chi connectivity index (χ2v) is 4.83. The van der Waals surface area contributed by atoms with Crippen LogP contribution in [0.25, 0.3) is 0 Å². The van der Waals surface area contributed by atoms with Crippen LogP contribution < -0.4 is 5.32 Å². The number of hydrogen-bond acceptors (Lipinski definition) is 7. The van der Waals surface area contributed by atoms with Gasteiger partial charge in [-0.2, -0.15) is 0 Å². The van der Waals surface area contributed by atoms with Crippen molar-refractivity contribution in [1.29, 1.82) is 0 Å². The van der Waals surface area contributed by atoms with Gasteiger partial charge < -0.3 is 24.3 Å². The van der Waals surface area contributed by atoms with Crippen LogP contribution in [0.3, 0.4) is 0 Å². The van der Waals surface area contributed by atoms with Crippen LogP contribution in [0.1, 0.15) is 20.8 Å². The fraction of sp³-hybridized carbons (Fsp3) is 0.769. The van der Waals surface area contributed by atoms with E-state index >= 15 is 0 Å². The van der Waals surface area contributed by atoms with Crippen molar-refractivity contribution in [3.63, 3.8) is 0 Å². The van der Waals surface area contributed by atoms with Crippen molar-refractivity contribution in [1.82, 2.24) is 5.32 Å². The molecule has 0 saturated carbocycles. The molecule has 0 radical (unpaired) electrons. The average molecular weight is 321 g/mol. The summed E-state index contributed by atoms with van der Waals surface area (Å²) in [5.41, 5.74) is 0. The Hall–Kier alpha value is -1.74. The van der Waals surface area contributed by atoms with Crippen molar-refractivity contribution in [3.8, 4) is 0 Å². The highest BCUT2D eigenvalue weighted by Gasteiger charge is 2.49. The lowest BCUT2D eigenvalue weighted by Crippen LogP contribution is -2.64. The Morgan fingerprint density at radius 1 is 1.18 bits per heavy atom. The van der Waals surface area contributed by atoms with Crippen molar-refractivity contribution in [2.75, 3.05) is 13.7 Å². The van der Waals surface area contributed by atoms with E-state index in [4.69, 9.17) is 18.9 Å². The number of amides is 1. The van der Waals surface area contributed by atoms with Gasteiger partial charge >= 0.3 is 11.9 Å². The molecule has 8 nitrogen and oxygen atoms in total. The number of alkyl halides is 1. The quantitative estimate of drug-likeness (QED) is 0.694. The van der Waals surface area contributed by atoms with Gasteiger partial charge in [-0.1, -0.05) is 0 Å². The van der Waals surface area contributed by atoms with E-state index < -0.39 is 48.6 Å². The largest absolute Gasteiger partial charge is 0.463 e. The molecule has 0 aliphatic carbocycles. The van der Waals surface area contributed by atoms with Crippen LogP contribution >= 0.6 is 0 Å². The summed E-state index contributed by atoms with van der Waals surface area (Å²) >= 11 is 0. The fourth-order valence-electron chi connectivity index (χ4n) is 2.14. The molecule has 1 rings (SSSR count).